The number of hydrogen-bond acceptors (Lipinski definition) is 6. The van der Waals surface area contributed by atoms with Crippen molar-refractivity contribution in [3.63, 3.8) is 0 Å². The second-order valence-electron chi connectivity index (χ2n) is 11.5. The van der Waals surface area contributed by atoms with E-state index in [1.807, 2.05) is 30.3 Å². The summed E-state index contributed by atoms with van der Waals surface area (Å²) in [6, 6.07) is 13.4. The molecular formula is C31H38F3N3O5. The number of likely N-dealkylation sites (tertiary alicyclic amines) is 2. The highest BCUT2D eigenvalue weighted by Gasteiger charge is 2.47. The third kappa shape index (κ3) is 6.96. The molecule has 3 heterocycles. The lowest BCUT2D eigenvalue weighted by atomic mass is 9.89. The van der Waals surface area contributed by atoms with Gasteiger partial charge in [0.05, 0.1) is 18.8 Å². The summed E-state index contributed by atoms with van der Waals surface area (Å²) in [7, 11) is 0. The van der Waals surface area contributed by atoms with Gasteiger partial charge in [0.2, 0.25) is 5.91 Å². The standard InChI is InChI=1S/C31H38F3N3O5/c1-20-26(18-36-14-3-2-4-15-36)41-29(42-27(20)22-12-10-21(19-38)11-13-22)23-7-5-8-24(17-23)35-28(39)25-9-6-16-37(25)30(40)31(32,33)34/h5,7-8,10-13,17,20,25-27,29,38H,2-4,6,9,14-16,18-19H2,1H3,(H,35,39)/t20-,25+,26+,27+,29+/m1/s1. The first-order valence-corrected chi connectivity index (χ1v) is 14.7. The molecule has 42 heavy (non-hydrogen) atoms. The number of hydrogen-bond donors (Lipinski definition) is 2. The molecule has 2 amide bonds. The minimum Gasteiger partial charge on any atom is -0.392 e. The molecule has 0 unspecified atom stereocenters. The lowest BCUT2D eigenvalue weighted by molar-refractivity contribution is -0.276. The normalized spacial score (nSPS) is 27.2. The summed E-state index contributed by atoms with van der Waals surface area (Å²) in [4.78, 5) is 27.9. The summed E-state index contributed by atoms with van der Waals surface area (Å²) in [6.45, 7) is 4.74. The Morgan fingerprint density at radius 2 is 1.71 bits per heavy atom. The van der Waals surface area contributed by atoms with Gasteiger partial charge in [-0.1, -0.05) is 49.7 Å². The summed E-state index contributed by atoms with van der Waals surface area (Å²) in [5.74, 6) is -2.62. The topological polar surface area (TPSA) is 91.3 Å². The molecule has 0 radical (unpaired) electrons. The Morgan fingerprint density at radius 1 is 0.976 bits per heavy atom. The number of halogens is 3. The van der Waals surface area contributed by atoms with Crippen molar-refractivity contribution < 1.29 is 37.3 Å². The van der Waals surface area contributed by atoms with Crippen LogP contribution in [0.4, 0.5) is 18.9 Å². The zero-order valence-corrected chi connectivity index (χ0v) is 23.7. The average Bonchev–Trinajstić information content (AvgIpc) is 3.48. The maximum absolute atomic E-state index is 13.1. The number of ether oxygens (including phenoxy) is 2. The molecule has 8 nitrogen and oxygen atoms in total. The van der Waals surface area contributed by atoms with Gasteiger partial charge < -0.3 is 29.7 Å². The van der Waals surface area contributed by atoms with Crippen LogP contribution in [0.3, 0.4) is 0 Å². The predicted molar refractivity (Wildman–Crippen MR) is 149 cm³/mol. The SMILES string of the molecule is C[C@@H]1[C@H](CN2CCCCC2)O[C@H](c2cccc(NC(=O)[C@@H]3CCCN3C(=O)C(F)(F)F)c2)O[C@@H]1c1ccc(CO)cc1. The highest BCUT2D eigenvalue weighted by molar-refractivity contribution is 5.98. The van der Waals surface area contributed by atoms with Crippen molar-refractivity contribution in [2.24, 2.45) is 5.92 Å². The Labute approximate surface area is 243 Å². The molecule has 2 aromatic rings. The van der Waals surface area contributed by atoms with Gasteiger partial charge in [-0.3, -0.25) is 9.59 Å². The molecule has 5 atom stereocenters. The maximum Gasteiger partial charge on any atom is 0.471 e. The Hall–Kier alpha value is -2.99. The molecule has 0 saturated carbocycles. The van der Waals surface area contributed by atoms with Crippen molar-refractivity contribution >= 4 is 17.5 Å². The Kier molecular flexibility index (Phi) is 9.51. The second kappa shape index (κ2) is 13.1. The maximum atomic E-state index is 13.1. The van der Waals surface area contributed by atoms with E-state index in [9.17, 15) is 27.9 Å². The van der Waals surface area contributed by atoms with Crippen LogP contribution in [0.5, 0.6) is 0 Å². The van der Waals surface area contributed by atoms with Crippen LogP contribution in [0.1, 0.15) is 68.1 Å². The van der Waals surface area contributed by atoms with E-state index in [0.29, 0.717) is 22.6 Å². The molecule has 3 aliphatic heterocycles. The predicted octanol–water partition coefficient (Wildman–Crippen LogP) is 4.95. The van der Waals surface area contributed by atoms with Crippen LogP contribution in [-0.4, -0.2) is 71.2 Å². The lowest BCUT2D eigenvalue weighted by Crippen LogP contribution is -2.48. The van der Waals surface area contributed by atoms with Gasteiger partial charge in [0, 0.05) is 30.3 Å². The molecule has 2 N–H and O–H groups in total. The quantitative estimate of drug-likeness (QED) is 0.475. The fourth-order valence-corrected chi connectivity index (χ4v) is 6.16. The van der Waals surface area contributed by atoms with E-state index in [4.69, 9.17) is 9.47 Å². The van der Waals surface area contributed by atoms with Gasteiger partial charge in [-0.15, -0.1) is 0 Å². The van der Waals surface area contributed by atoms with Gasteiger partial charge in [0.1, 0.15) is 6.04 Å². The number of carbonyl (C=O) groups excluding carboxylic acids is 2. The van der Waals surface area contributed by atoms with Crippen molar-refractivity contribution in [1.29, 1.82) is 0 Å². The van der Waals surface area contributed by atoms with Gasteiger partial charge in [-0.05, 0) is 62.0 Å². The van der Waals surface area contributed by atoms with Gasteiger partial charge in [0.25, 0.3) is 0 Å². The Morgan fingerprint density at radius 3 is 2.40 bits per heavy atom. The number of aliphatic hydroxyl groups is 1. The molecule has 0 aliphatic carbocycles. The molecule has 5 rings (SSSR count). The molecule has 3 saturated heterocycles. The summed E-state index contributed by atoms with van der Waals surface area (Å²) in [6.07, 6.45) is -2.18. The highest BCUT2D eigenvalue weighted by Crippen LogP contribution is 2.42. The molecule has 0 aromatic heterocycles. The molecular weight excluding hydrogens is 551 g/mol. The van der Waals surface area contributed by atoms with Gasteiger partial charge in [-0.2, -0.15) is 13.2 Å². The van der Waals surface area contributed by atoms with Gasteiger partial charge in [0.15, 0.2) is 6.29 Å². The molecule has 0 bridgehead atoms. The molecule has 11 heteroatoms. The summed E-state index contributed by atoms with van der Waals surface area (Å²) in [5.41, 5.74) is 2.82. The van der Waals surface area contributed by atoms with E-state index in [1.54, 1.807) is 18.2 Å². The first-order chi connectivity index (χ1) is 20.1. The number of amides is 2. The number of piperidine rings is 1. The van der Waals surface area contributed by atoms with Crippen LogP contribution < -0.4 is 5.32 Å². The fraction of sp³-hybridized carbons (Fsp3) is 0.548. The van der Waals surface area contributed by atoms with Crippen molar-refractivity contribution in [1.82, 2.24) is 9.80 Å². The summed E-state index contributed by atoms with van der Waals surface area (Å²) >= 11 is 0. The van der Waals surface area contributed by atoms with Crippen molar-refractivity contribution in [2.45, 2.75) is 76.4 Å². The third-order valence-electron chi connectivity index (χ3n) is 8.50. The lowest BCUT2D eigenvalue weighted by Gasteiger charge is -2.43. The number of benzene rings is 2. The van der Waals surface area contributed by atoms with Crippen LogP contribution in [0, 0.1) is 5.92 Å². The minimum atomic E-state index is -5.03. The first-order valence-electron chi connectivity index (χ1n) is 14.7. The van der Waals surface area contributed by atoms with E-state index >= 15 is 0 Å². The fourth-order valence-electron chi connectivity index (χ4n) is 6.16. The van der Waals surface area contributed by atoms with E-state index < -0.39 is 30.3 Å². The third-order valence-corrected chi connectivity index (χ3v) is 8.50. The molecule has 228 valence electrons. The zero-order valence-electron chi connectivity index (χ0n) is 23.7. The number of aliphatic hydroxyl groups excluding tert-OH is 1. The smallest absolute Gasteiger partial charge is 0.392 e. The van der Waals surface area contributed by atoms with Crippen LogP contribution in [0.15, 0.2) is 48.5 Å². The number of alkyl halides is 3. The van der Waals surface area contributed by atoms with E-state index in [0.717, 1.165) is 43.6 Å². The van der Waals surface area contributed by atoms with Gasteiger partial charge >= 0.3 is 12.1 Å². The van der Waals surface area contributed by atoms with Crippen LogP contribution >= 0.6 is 0 Å². The molecule has 2 aromatic carbocycles. The number of anilines is 1. The average molecular weight is 590 g/mol. The highest BCUT2D eigenvalue weighted by atomic mass is 19.4. The number of nitrogens with zero attached hydrogens (tertiary/aromatic N) is 2. The van der Waals surface area contributed by atoms with E-state index in [2.05, 4.69) is 17.1 Å². The molecule has 0 spiro atoms. The Bertz CT molecular complexity index is 1240. The largest absolute Gasteiger partial charge is 0.471 e. The first kappa shape index (κ1) is 30.5. The van der Waals surface area contributed by atoms with E-state index in [-0.39, 0.29) is 37.7 Å². The van der Waals surface area contributed by atoms with Crippen molar-refractivity contribution in [3.8, 4) is 0 Å². The number of rotatable bonds is 7. The van der Waals surface area contributed by atoms with Crippen molar-refractivity contribution in [3.05, 3.63) is 65.2 Å². The minimum absolute atomic E-state index is 0.0329. The van der Waals surface area contributed by atoms with Gasteiger partial charge in [-0.25, -0.2) is 0 Å². The summed E-state index contributed by atoms with van der Waals surface area (Å²) in [5, 5.41) is 12.2. The summed E-state index contributed by atoms with van der Waals surface area (Å²) < 4.78 is 52.2. The van der Waals surface area contributed by atoms with E-state index in [1.165, 1.54) is 6.42 Å². The van der Waals surface area contributed by atoms with Crippen molar-refractivity contribution in [2.75, 3.05) is 31.5 Å². The Balaban J connectivity index is 1.35. The molecule has 3 aliphatic rings. The van der Waals surface area contributed by atoms with Crippen LogP contribution in [-0.2, 0) is 25.7 Å². The van der Waals surface area contributed by atoms with Crippen LogP contribution in [0.2, 0.25) is 0 Å². The zero-order chi connectivity index (χ0) is 29.9. The van der Waals surface area contributed by atoms with Crippen LogP contribution in [0.25, 0.3) is 0 Å². The number of nitrogens with one attached hydrogen (secondary N) is 1. The second-order valence-corrected chi connectivity index (χ2v) is 11.5. The molecule has 3 fully saturated rings. The monoisotopic (exact) mass is 589 g/mol. The number of carbonyl (C=O) groups is 2.